The number of carbonyl (C=O) groups is 1. The van der Waals surface area contributed by atoms with Crippen LogP contribution in [0.1, 0.15) is 47.3 Å². The van der Waals surface area contributed by atoms with Gasteiger partial charge in [-0.05, 0) is 67.8 Å². The van der Waals surface area contributed by atoms with Crippen LogP contribution >= 0.6 is 11.3 Å². The van der Waals surface area contributed by atoms with Crippen molar-refractivity contribution in [1.82, 2.24) is 24.1 Å². The molecule has 4 heterocycles. The van der Waals surface area contributed by atoms with Gasteiger partial charge in [-0.25, -0.2) is 13.4 Å². The van der Waals surface area contributed by atoms with E-state index in [2.05, 4.69) is 20.4 Å². The molecular formula is C26H26N6O4S2. The normalized spacial score (nSPS) is 15.9. The number of aromatic nitrogens is 4. The lowest BCUT2D eigenvalue weighted by Gasteiger charge is -2.25. The number of hydrogen-bond donors (Lipinski definition) is 2. The van der Waals surface area contributed by atoms with Crippen molar-refractivity contribution in [3.8, 4) is 16.5 Å². The summed E-state index contributed by atoms with van der Waals surface area (Å²) in [6, 6.07) is 11.5. The van der Waals surface area contributed by atoms with E-state index in [1.807, 2.05) is 17.5 Å². The Morgan fingerprint density at radius 1 is 1.03 bits per heavy atom. The number of benzene rings is 1. The first-order valence-corrected chi connectivity index (χ1v) is 14.9. The average Bonchev–Trinajstić information content (AvgIpc) is 3.70. The summed E-state index contributed by atoms with van der Waals surface area (Å²) in [4.78, 5) is 34.4. The molecule has 0 bridgehead atoms. The zero-order valence-corrected chi connectivity index (χ0v) is 22.1. The minimum atomic E-state index is -3.59. The molecule has 1 amide bonds. The van der Waals surface area contributed by atoms with Crippen molar-refractivity contribution in [2.24, 2.45) is 0 Å². The average molecular weight is 551 g/mol. The molecule has 4 aromatic rings. The molecule has 0 spiro atoms. The maximum absolute atomic E-state index is 13.2. The highest BCUT2D eigenvalue weighted by Crippen LogP contribution is 2.28. The van der Waals surface area contributed by atoms with Crippen LogP contribution in [0.4, 0.5) is 5.82 Å². The molecule has 12 heteroatoms. The Balaban J connectivity index is 1.30. The number of fused-ring (bicyclic) bond motifs is 1. The maximum atomic E-state index is 13.2. The summed E-state index contributed by atoms with van der Waals surface area (Å²) in [5, 5.41) is 9.42. The zero-order valence-electron chi connectivity index (χ0n) is 20.5. The SMILES string of the molecule is O=C(Nc1cc(-c2cccs2)nn1-c1nc2c(c(=O)[nH]1)CCC2)c1ccc(S(=O)(=O)N2CCCCC2)cc1. The van der Waals surface area contributed by atoms with E-state index in [1.165, 1.54) is 44.6 Å². The molecular weight excluding hydrogens is 524 g/mol. The molecule has 6 rings (SSSR count). The zero-order chi connectivity index (χ0) is 26.3. The van der Waals surface area contributed by atoms with Gasteiger partial charge in [0.1, 0.15) is 11.5 Å². The molecule has 1 aliphatic heterocycles. The lowest BCUT2D eigenvalue weighted by Crippen LogP contribution is -2.35. The highest BCUT2D eigenvalue weighted by Gasteiger charge is 2.26. The fraction of sp³-hybridized carbons (Fsp3) is 0.308. The standard InChI is InChI=1S/C26H26N6O4S2/c33-24(17-9-11-18(12-10-17)38(35,36)31-13-2-1-3-14-31)28-23-16-21(22-8-5-15-37-22)30-32(23)26-27-20-7-4-6-19(20)25(34)29-26/h5,8-12,15-16H,1-4,6-7,13-14H2,(H,28,33)(H,27,29,34). The van der Waals surface area contributed by atoms with E-state index in [9.17, 15) is 18.0 Å². The quantitative estimate of drug-likeness (QED) is 0.377. The highest BCUT2D eigenvalue weighted by molar-refractivity contribution is 7.89. The van der Waals surface area contributed by atoms with Crippen molar-refractivity contribution in [1.29, 1.82) is 0 Å². The second kappa shape index (κ2) is 9.93. The number of nitrogens with one attached hydrogen (secondary N) is 2. The van der Waals surface area contributed by atoms with E-state index in [0.717, 1.165) is 42.7 Å². The molecule has 38 heavy (non-hydrogen) atoms. The van der Waals surface area contributed by atoms with Crippen molar-refractivity contribution in [2.75, 3.05) is 18.4 Å². The van der Waals surface area contributed by atoms with Gasteiger partial charge in [0.2, 0.25) is 16.0 Å². The van der Waals surface area contributed by atoms with Gasteiger partial charge in [0, 0.05) is 30.3 Å². The van der Waals surface area contributed by atoms with Gasteiger partial charge in [0.25, 0.3) is 11.5 Å². The van der Waals surface area contributed by atoms with Crippen LogP contribution in [0.3, 0.4) is 0 Å². The minimum absolute atomic E-state index is 0.167. The second-order valence-corrected chi connectivity index (χ2v) is 12.3. The molecule has 1 aliphatic carbocycles. The number of sulfonamides is 1. The van der Waals surface area contributed by atoms with Gasteiger partial charge in [0.05, 0.1) is 15.5 Å². The van der Waals surface area contributed by atoms with Crippen molar-refractivity contribution in [2.45, 2.75) is 43.4 Å². The van der Waals surface area contributed by atoms with E-state index >= 15 is 0 Å². The largest absolute Gasteiger partial charge is 0.306 e. The van der Waals surface area contributed by atoms with Crippen LogP contribution in [0.25, 0.3) is 16.5 Å². The predicted molar refractivity (Wildman–Crippen MR) is 144 cm³/mol. The first-order chi connectivity index (χ1) is 18.4. The Bertz CT molecular complexity index is 1650. The van der Waals surface area contributed by atoms with E-state index in [1.54, 1.807) is 6.07 Å². The number of piperidine rings is 1. The van der Waals surface area contributed by atoms with Gasteiger partial charge in [-0.2, -0.15) is 14.1 Å². The summed E-state index contributed by atoms with van der Waals surface area (Å²) in [6.45, 7) is 1.03. The number of aryl methyl sites for hydroxylation is 1. The van der Waals surface area contributed by atoms with E-state index in [4.69, 9.17) is 0 Å². The van der Waals surface area contributed by atoms with Gasteiger partial charge in [-0.1, -0.05) is 12.5 Å². The van der Waals surface area contributed by atoms with Crippen LogP contribution in [-0.2, 0) is 22.9 Å². The molecule has 2 aliphatic rings. The van der Waals surface area contributed by atoms with Crippen molar-refractivity contribution < 1.29 is 13.2 Å². The van der Waals surface area contributed by atoms with E-state index in [-0.39, 0.29) is 16.4 Å². The number of anilines is 1. The fourth-order valence-corrected chi connectivity index (χ4v) is 7.12. The number of nitrogens with zero attached hydrogens (tertiary/aromatic N) is 4. The van der Waals surface area contributed by atoms with Gasteiger partial charge < -0.3 is 5.32 Å². The summed E-state index contributed by atoms with van der Waals surface area (Å²) in [6.07, 6.45) is 5.03. The first-order valence-electron chi connectivity index (χ1n) is 12.6. The molecule has 0 atom stereocenters. The van der Waals surface area contributed by atoms with Crippen LogP contribution in [0.15, 0.2) is 57.5 Å². The Labute approximate surface area is 223 Å². The lowest BCUT2D eigenvalue weighted by atomic mass is 10.2. The molecule has 0 radical (unpaired) electrons. The third-order valence-electron chi connectivity index (χ3n) is 6.92. The summed E-state index contributed by atoms with van der Waals surface area (Å²) in [5.74, 6) is 0.135. The summed E-state index contributed by atoms with van der Waals surface area (Å²) in [7, 11) is -3.59. The van der Waals surface area contributed by atoms with E-state index in [0.29, 0.717) is 42.1 Å². The number of H-pyrrole nitrogens is 1. The van der Waals surface area contributed by atoms with Crippen LogP contribution in [0.5, 0.6) is 0 Å². The number of carbonyl (C=O) groups excluding carboxylic acids is 1. The van der Waals surface area contributed by atoms with Gasteiger partial charge in [-0.3, -0.25) is 14.6 Å². The Morgan fingerprint density at radius 3 is 2.55 bits per heavy atom. The molecule has 1 saturated heterocycles. The van der Waals surface area contributed by atoms with Crippen molar-refractivity contribution in [3.63, 3.8) is 0 Å². The number of rotatable bonds is 6. The maximum Gasteiger partial charge on any atom is 0.256 e. The Kier molecular flexibility index (Phi) is 6.46. The molecule has 1 aromatic carbocycles. The second-order valence-electron chi connectivity index (χ2n) is 9.42. The fourth-order valence-electron chi connectivity index (χ4n) is 4.93. The lowest BCUT2D eigenvalue weighted by molar-refractivity contribution is 0.102. The van der Waals surface area contributed by atoms with Crippen molar-refractivity contribution in [3.05, 3.63) is 75.0 Å². The molecule has 2 N–H and O–H groups in total. The van der Waals surface area contributed by atoms with Crippen LogP contribution in [0.2, 0.25) is 0 Å². The topological polar surface area (TPSA) is 130 Å². The Hall–Kier alpha value is -3.61. The Morgan fingerprint density at radius 2 is 1.82 bits per heavy atom. The van der Waals surface area contributed by atoms with E-state index < -0.39 is 15.9 Å². The minimum Gasteiger partial charge on any atom is -0.306 e. The molecule has 1 fully saturated rings. The number of thiophene rings is 1. The number of amides is 1. The van der Waals surface area contributed by atoms with Crippen LogP contribution < -0.4 is 10.9 Å². The molecule has 196 valence electrons. The molecule has 10 nitrogen and oxygen atoms in total. The molecule has 0 unspecified atom stereocenters. The summed E-state index contributed by atoms with van der Waals surface area (Å²) >= 11 is 1.51. The summed E-state index contributed by atoms with van der Waals surface area (Å²) in [5.41, 5.74) is 2.17. The smallest absolute Gasteiger partial charge is 0.256 e. The molecule has 3 aromatic heterocycles. The van der Waals surface area contributed by atoms with Gasteiger partial charge in [-0.15, -0.1) is 11.3 Å². The molecule has 0 saturated carbocycles. The third kappa shape index (κ3) is 4.59. The highest BCUT2D eigenvalue weighted by atomic mass is 32.2. The van der Waals surface area contributed by atoms with Crippen LogP contribution in [0, 0.1) is 0 Å². The van der Waals surface area contributed by atoms with Crippen LogP contribution in [-0.4, -0.2) is 51.5 Å². The summed E-state index contributed by atoms with van der Waals surface area (Å²) < 4.78 is 28.9. The number of hydrogen-bond acceptors (Lipinski definition) is 7. The number of aromatic amines is 1. The van der Waals surface area contributed by atoms with Gasteiger partial charge in [0.15, 0.2) is 0 Å². The van der Waals surface area contributed by atoms with Crippen molar-refractivity contribution >= 4 is 33.1 Å². The first kappa shape index (κ1) is 24.7. The predicted octanol–water partition coefficient (Wildman–Crippen LogP) is 3.60. The monoisotopic (exact) mass is 550 g/mol. The van der Waals surface area contributed by atoms with Gasteiger partial charge >= 0.3 is 0 Å². The third-order valence-corrected chi connectivity index (χ3v) is 9.73.